The van der Waals surface area contributed by atoms with Gasteiger partial charge in [0.25, 0.3) is 5.69 Å². The lowest BCUT2D eigenvalue weighted by Crippen LogP contribution is -2.47. The number of rotatable bonds is 4. The number of anilines is 1. The standard InChI is InChI=1S/C19H18N2O6/c1-12(14-6-5-7-15(10-14)21(24)25)26-19(23)18-11-20(13(2)22)16-8-3-4-9-17(16)27-18/h3-10,12,18H,11H2,1-2H3/t12-,18-/m1/s1. The topological polar surface area (TPSA) is 99.0 Å². The second kappa shape index (κ2) is 7.45. The SMILES string of the molecule is CC(=O)N1C[C@H](C(=O)O[C@H](C)c2cccc([N+](=O)[O-])c2)Oc2ccccc21. The Morgan fingerprint density at radius 3 is 2.70 bits per heavy atom. The van der Waals surface area contributed by atoms with E-state index in [4.69, 9.17) is 9.47 Å². The van der Waals surface area contributed by atoms with Crippen LogP contribution in [0, 0.1) is 10.1 Å². The smallest absolute Gasteiger partial charge is 0.349 e. The Labute approximate surface area is 155 Å². The first kappa shape index (κ1) is 18.4. The molecule has 2 aromatic carbocycles. The van der Waals surface area contributed by atoms with Crippen molar-refractivity contribution >= 4 is 23.3 Å². The van der Waals surface area contributed by atoms with Crippen molar-refractivity contribution in [1.29, 1.82) is 0 Å². The molecule has 0 fully saturated rings. The quantitative estimate of drug-likeness (QED) is 0.466. The number of hydrogen-bond donors (Lipinski definition) is 0. The minimum Gasteiger partial charge on any atom is -0.475 e. The minimum atomic E-state index is -0.982. The molecule has 1 aliphatic rings. The van der Waals surface area contributed by atoms with Crippen LogP contribution in [-0.4, -0.2) is 29.4 Å². The highest BCUT2D eigenvalue weighted by molar-refractivity contribution is 5.95. The molecule has 1 heterocycles. The number of carbonyl (C=O) groups excluding carboxylic acids is 2. The lowest BCUT2D eigenvalue weighted by Gasteiger charge is -2.33. The number of nitrogens with zero attached hydrogens (tertiary/aromatic N) is 2. The van der Waals surface area contributed by atoms with Gasteiger partial charge >= 0.3 is 5.97 Å². The molecule has 27 heavy (non-hydrogen) atoms. The molecule has 0 aliphatic carbocycles. The van der Waals surface area contributed by atoms with E-state index >= 15 is 0 Å². The summed E-state index contributed by atoms with van der Waals surface area (Å²) < 4.78 is 11.1. The van der Waals surface area contributed by atoms with E-state index in [0.29, 0.717) is 17.0 Å². The van der Waals surface area contributed by atoms with Crippen LogP contribution in [0.2, 0.25) is 0 Å². The number of hydrogen-bond acceptors (Lipinski definition) is 6. The van der Waals surface area contributed by atoms with Crippen molar-refractivity contribution < 1.29 is 24.0 Å². The van der Waals surface area contributed by atoms with Crippen molar-refractivity contribution in [2.45, 2.75) is 26.1 Å². The maximum absolute atomic E-state index is 12.6. The second-order valence-corrected chi connectivity index (χ2v) is 6.14. The largest absolute Gasteiger partial charge is 0.475 e. The molecule has 0 spiro atoms. The highest BCUT2D eigenvalue weighted by atomic mass is 16.6. The summed E-state index contributed by atoms with van der Waals surface area (Å²) in [5.74, 6) is -0.436. The average molecular weight is 370 g/mol. The number of benzene rings is 2. The number of amides is 1. The molecule has 0 radical (unpaired) electrons. The lowest BCUT2D eigenvalue weighted by atomic mass is 10.1. The summed E-state index contributed by atoms with van der Waals surface area (Å²) >= 11 is 0. The van der Waals surface area contributed by atoms with Gasteiger partial charge in [-0.15, -0.1) is 0 Å². The van der Waals surface area contributed by atoms with Crippen LogP contribution in [0.1, 0.15) is 25.5 Å². The molecule has 0 bridgehead atoms. The first-order valence-corrected chi connectivity index (χ1v) is 8.35. The molecular weight excluding hydrogens is 352 g/mol. The Morgan fingerprint density at radius 1 is 1.26 bits per heavy atom. The highest BCUT2D eigenvalue weighted by Gasteiger charge is 2.34. The van der Waals surface area contributed by atoms with Gasteiger partial charge in [0, 0.05) is 19.1 Å². The zero-order chi connectivity index (χ0) is 19.6. The summed E-state index contributed by atoms with van der Waals surface area (Å²) in [6.07, 6.45) is -1.69. The van der Waals surface area contributed by atoms with Crippen LogP contribution >= 0.6 is 0 Å². The molecule has 3 rings (SSSR count). The van der Waals surface area contributed by atoms with E-state index in [2.05, 4.69) is 0 Å². The predicted molar refractivity (Wildman–Crippen MR) is 96.5 cm³/mol. The third-order valence-electron chi connectivity index (χ3n) is 4.26. The number of esters is 1. The molecule has 1 amide bonds. The molecule has 0 saturated heterocycles. The van der Waals surface area contributed by atoms with Crippen LogP contribution in [0.25, 0.3) is 0 Å². The van der Waals surface area contributed by atoms with Crippen LogP contribution < -0.4 is 9.64 Å². The summed E-state index contributed by atoms with van der Waals surface area (Å²) in [4.78, 5) is 36.3. The first-order valence-electron chi connectivity index (χ1n) is 8.35. The van der Waals surface area contributed by atoms with Gasteiger partial charge in [-0.2, -0.15) is 0 Å². The Bertz CT molecular complexity index is 897. The van der Waals surface area contributed by atoms with Crippen molar-refractivity contribution in [2.75, 3.05) is 11.4 Å². The zero-order valence-electron chi connectivity index (χ0n) is 14.8. The molecule has 1 aliphatic heterocycles. The summed E-state index contributed by atoms with van der Waals surface area (Å²) in [7, 11) is 0. The Hall–Kier alpha value is -3.42. The lowest BCUT2D eigenvalue weighted by molar-refractivity contribution is -0.385. The van der Waals surface area contributed by atoms with Gasteiger partial charge in [-0.3, -0.25) is 14.9 Å². The van der Waals surface area contributed by atoms with E-state index in [0.717, 1.165) is 0 Å². The monoisotopic (exact) mass is 370 g/mol. The summed E-state index contributed by atoms with van der Waals surface area (Å²) in [6.45, 7) is 3.07. The Kier molecular flexibility index (Phi) is 5.07. The molecule has 0 N–H and O–H groups in total. The van der Waals surface area contributed by atoms with Crippen molar-refractivity contribution in [1.82, 2.24) is 0 Å². The first-order chi connectivity index (χ1) is 12.9. The maximum atomic E-state index is 12.6. The summed E-state index contributed by atoms with van der Waals surface area (Å²) in [5.41, 5.74) is 1.01. The van der Waals surface area contributed by atoms with Gasteiger partial charge < -0.3 is 14.4 Å². The predicted octanol–water partition coefficient (Wildman–Crippen LogP) is 3.01. The molecule has 0 unspecified atom stereocenters. The van der Waals surface area contributed by atoms with E-state index in [9.17, 15) is 19.7 Å². The fourth-order valence-electron chi connectivity index (χ4n) is 2.86. The number of para-hydroxylation sites is 2. The van der Waals surface area contributed by atoms with Gasteiger partial charge in [-0.05, 0) is 24.6 Å². The van der Waals surface area contributed by atoms with E-state index in [-0.39, 0.29) is 18.1 Å². The van der Waals surface area contributed by atoms with Gasteiger partial charge in [0.2, 0.25) is 12.0 Å². The van der Waals surface area contributed by atoms with Crippen molar-refractivity contribution in [3.63, 3.8) is 0 Å². The van der Waals surface area contributed by atoms with Crippen LogP contribution in [0.15, 0.2) is 48.5 Å². The fourth-order valence-corrected chi connectivity index (χ4v) is 2.86. The second-order valence-electron chi connectivity index (χ2n) is 6.14. The van der Waals surface area contributed by atoms with Gasteiger partial charge in [-0.25, -0.2) is 4.79 Å². The van der Waals surface area contributed by atoms with Gasteiger partial charge in [0.15, 0.2) is 0 Å². The van der Waals surface area contributed by atoms with Gasteiger partial charge in [0.05, 0.1) is 17.2 Å². The molecule has 8 nitrogen and oxygen atoms in total. The number of ether oxygens (including phenoxy) is 2. The summed E-state index contributed by atoms with van der Waals surface area (Å²) in [6, 6.07) is 12.8. The van der Waals surface area contributed by atoms with Crippen LogP contribution in [-0.2, 0) is 14.3 Å². The average Bonchev–Trinajstić information content (AvgIpc) is 2.66. The van der Waals surface area contributed by atoms with E-state index < -0.39 is 23.1 Å². The molecule has 0 aromatic heterocycles. The number of carbonyl (C=O) groups is 2. The number of non-ortho nitro benzene ring substituents is 1. The third-order valence-corrected chi connectivity index (χ3v) is 4.26. The maximum Gasteiger partial charge on any atom is 0.349 e. The molecule has 2 aromatic rings. The Morgan fingerprint density at radius 2 is 2.00 bits per heavy atom. The van der Waals surface area contributed by atoms with E-state index in [1.807, 2.05) is 0 Å². The molecule has 140 valence electrons. The summed E-state index contributed by atoms with van der Waals surface area (Å²) in [5, 5.41) is 10.9. The van der Waals surface area contributed by atoms with Gasteiger partial charge in [-0.1, -0.05) is 24.3 Å². The van der Waals surface area contributed by atoms with Gasteiger partial charge in [0.1, 0.15) is 11.9 Å². The normalized spacial score (nSPS) is 16.7. The number of nitro groups is 1. The molecule has 0 saturated carbocycles. The zero-order valence-corrected chi connectivity index (χ0v) is 14.8. The van der Waals surface area contributed by atoms with Crippen molar-refractivity contribution in [2.24, 2.45) is 0 Å². The van der Waals surface area contributed by atoms with E-state index in [1.165, 1.54) is 30.0 Å². The highest BCUT2D eigenvalue weighted by Crippen LogP contribution is 2.34. The molecule has 2 atom stereocenters. The van der Waals surface area contributed by atoms with Crippen LogP contribution in [0.5, 0.6) is 5.75 Å². The number of nitro benzene ring substituents is 1. The fraction of sp³-hybridized carbons (Fsp3) is 0.263. The molecular formula is C19H18N2O6. The number of fused-ring (bicyclic) bond motifs is 1. The minimum absolute atomic E-state index is 0.0346. The molecule has 8 heteroatoms. The van der Waals surface area contributed by atoms with Crippen LogP contribution in [0.4, 0.5) is 11.4 Å². The third kappa shape index (κ3) is 3.89. The van der Waals surface area contributed by atoms with Crippen molar-refractivity contribution in [3.05, 3.63) is 64.2 Å². The van der Waals surface area contributed by atoms with Crippen molar-refractivity contribution in [3.8, 4) is 5.75 Å². The van der Waals surface area contributed by atoms with Crippen LogP contribution in [0.3, 0.4) is 0 Å². The Balaban J connectivity index is 1.75. The van der Waals surface area contributed by atoms with E-state index in [1.54, 1.807) is 37.3 Å².